The lowest BCUT2D eigenvalue weighted by Crippen LogP contribution is -2.47. The van der Waals surface area contributed by atoms with Crippen LogP contribution in [0.3, 0.4) is 0 Å². The first-order valence-corrected chi connectivity index (χ1v) is 12.3. The van der Waals surface area contributed by atoms with E-state index in [4.69, 9.17) is 9.84 Å². The summed E-state index contributed by atoms with van der Waals surface area (Å²) in [6.07, 6.45) is 1.68. The summed E-state index contributed by atoms with van der Waals surface area (Å²) in [6, 6.07) is 23.8. The molecule has 0 radical (unpaired) electrons. The standard InChI is InChI=1S/C15H13FO2.C15H21NO2/c1-10(15(17)18)12-7-8-13(14(16)9-12)11-5-3-2-4-6-11;1-3-18-14(17)15(9-11-16(2)12-10-15)13-7-5-4-6-8-13/h2-10H,1H3,(H,17,18);4-8H,3,9-12H2,1-2H3. The Morgan fingerprint density at radius 3 is 2.11 bits per heavy atom. The van der Waals surface area contributed by atoms with Gasteiger partial charge >= 0.3 is 11.9 Å². The number of rotatable bonds is 6. The second-order valence-corrected chi connectivity index (χ2v) is 9.14. The Hall–Kier alpha value is -3.51. The fourth-order valence-corrected chi connectivity index (χ4v) is 4.43. The van der Waals surface area contributed by atoms with Crippen molar-refractivity contribution in [3.63, 3.8) is 0 Å². The molecular formula is C30H34FNO4. The van der Waals surface area contributed by atoms with E-state index in [1.807, 2.05) is 67.6 Å². The number of hydrogen-bond donors (Lipinski definition) is 1. The molecule has 0 aromatic heterocycles. The van der Waals surface area contributed by atoms with Crippen LogP contribution in [0.15, 0.2) is 78.9 Å². The molecule has 3 aromatic rings. The van der Waals surface area contributed by atoms with Crippen LogP contribution in [-0.2, 0) is 19.7 Å². The molecule has 1 aliphatic heterocycles. The van der Waals surface area contributed by atoms with Gasteiger partial charge in [-0.2, -0.15) is 0 Å². The quantitative estimate of drug-likeness (QED) is 0.435. The highest BCUT2D eigenvalue weighted by Crippen LogP contribution is 2.36. The maximum Gasteiger partial charge on any atom is 0.316 e. The second-order valence-electron chi connectivity index (χ2n) is 9.14. The number of carboxylic acids is 1. The fraction of sp³-hybridized carbons (Fsp3) is 0.333. The summed E-state index contributed by atoms with van der Waals surface area (Å²) >= 11 is 0. The van der Waals surface area contributed by atoms with Gasteiger partial charge in [0.2, 0.25) is 0 Å². The summed E-state index contributed by atoms with van der Waals surface area (Å²) in [4.78, 5) is 25.5. The number of carbonyl (C=O) groups excluding carboxylic acids is 1. The van der Waals surface area contributed by atoms with Crippen LogP contribution in [0.2, 0.25) is 0 Å². The molecule has 5 nitrogen and oxygen atoms in total. The Bertz CT molecular complexity index is 1140. The van der Waals surface area contributed by atoms with Crippen LogP contribution >= 0.6 is 0 Å². The third kappa shape index (κ3) is 6.38. The summed E-state index contributed by atoms with van der Waals surface area (Å²) in [5, 5.41) is 8.89. The Morgan fingerprint density at radius 1 is 1.00 bits per heavy atom. The molecule has 190 valence electrons. The van der Waals surface area contributed by atoms with E-state index >= 15 is 0 Å². The van der Waals surface area contributed by atoms with Crippen LogP contribution in [0.25, 0.3) is 11.1 Å². The lowest BCUT2D eigenvalue weighted by atomic mass is 9.73. The number of esters is 1. The van der Waals surface area contributed by atoms with E-state index in [2.05, 4.69) is 11.9 Å². The van der Waals surface area contributed by atoms with Gasteiger partial charge in [-0.3, -0.25) is 9.59 Å². The molecule has 0 saturated carbocycles. The largest absolute Gasteiger partial charge is 0.481 e. The molecular weight excluding hydrogens is 457 g/mol. The highest BCUT2D eigenvalue weighted by atomic mass is 19.1. The van der Waals surface area contributed by atoms with Crippen molar-refractivity contribution in [1.82, 2.24) is 4.90 Å². The van der Waals surface area contributed by atoms with Crippen LogP contribution in [0.4, 0.5) is 4.39 Å². The van der Waals surface area contributed by atoms with E-state index in [1.165, 1.54) is 6.07 Å². The predicted octanol–water partition coefficient (Wildman–Crippen LogP) is 5.89. The molecule has 1 aliphatic rings. The van der Waals surface area contributed by atoms with Crippen molar-refractivity contribution in [1.29, 1.82) is 0 Å². The molecule has 3 aromatic carbocycles. The lowest BCUT2D eigenvalue weighted by Gasteiger charge is -2.38. The van der Waals surface area contributed by atoms with Crippen LogP contribution in [0.1, 0.15) is 43.7 Å². The van der Waals surface area contributed by atoms with Gasteiger partial charge in [0.25, 0.3) is 0 Å². The average Bonchev–Trinajstić information content (AvgIpc) is 2.90. The average molecular weight is 492 g/mol. The minimum Gasteiger partial charge on any atom is -0.481 e. The van der Waals surface area contributed by atoms with Crippen molar-refractivity contribution in [2.45, 2.75) is 38.0 Å². The number of nitrogens with zero attached hydrogens (tertiary/aromatic N) is 1. The number of benzene rings is 3. The zero-order valence-corrected chi connectivity index (χ0v) is 21.1. The van der Waals surface area contributed by atoms with Gasteiger partial charge in [0.15, 0.2) is 0 Å². The van der Waals surface area contributed by atoms with Gasteiger partial charge in [-0.15, -0.1) is 0 Å². The number of aliphatic carboxylic acids is 1. The lowest BCUT2D eigenvalue weighted by molar-refractivity contribution is -0.152. The van der Waals surface area contributed by atoms with E-state index < -0.39 is 23.1 Å². The Kier molecular flexibility index (Phi) is 9.37. The van der Waals surface area contributed by atoms with Crippen molar-refractivity contribution in [2.75, 3.05) is 26.7 Å². The zero-order chi connectivity index (χ0) is 26.1. The molecule has 1 unspecified atom stereocenters. The maximum atomic E-state index is 14.0. The molecule has 1 fully saturated rings. The van der Waals surface area contributed by atoms with E-state index in [1.54, 1.807) is 19.1 Å². The number of halogens is 1. The molecule has 6 heteroatoms. The first kappa shape index (κ1) is 27.1. The Morgan fingerprint density at radius 2 is 1.58 bits per heavy atom. The van der Waals surface area contributed by atoms with Crippen molar-refractivity contribution in [3.05, 3.63) is 95.8 Å². The second kappa shape index (κ2) is 12.5. The van der Waals surface area contributed by atoms with Gasteiger partial charge in [0, 0.05) is 5.56 Å². The van der Waals surface area contributed by atoms with Gasteiger partial charge in [-0.1, -0.05) is 72.8 Å². The minimum absolute atomic E-state index is 0.0655. The van der Waals surface area contributed by atoms with E-state index in [9.17, 15) is 14.0 Å². The minimum atomic E-state index is -0.957. The van der Waals surface area contributed by atoms with Crippen molar-refractivity contribution >= 4 is 11.9 Å². The van der Waals surface area contributed by atoms with Gasteiger partial charge in [-0.25, -0.2) is 4.39 Å². The maximum absolute atomic E-state index is 14.0. The van der Waals surface area contributed by atoms with E-state index in [0.29, 0.717) is 17.7 Å². The topological polar surface area (TPSA) is 66.8 Å². The van der Waals surface area contributed by atoms with Crippen molar-refractivity contribution < 1.29 is 23.8 Å². The number of hydrogen-bond acceptors (Lipinski definition) is 4. The number of likely N-dealkylation sites (tertiary alicyclic amines) is 1. The summed E-state index contributed by atoms with van der Waals surface area (Å²) in [5.74, 6) is -2.12. The third-order valence-electron chi connectivity index (χ3n) is 6.78. The number of carbonyl (C=O) groups is 2. The molecule has 0 amide bonds. The first-order valence-electron chi connectivity index (χ1n) is 12.3. The molecule has 1 atom stereocenters. The number of piperidine rings is 1. The van der Waals surface area contributed by atoms with Crippen LogP contribution in [0, 0.1) is 5.82 Å². The normalized spacial score (nSPS) is 15.8. The van der Waals surface area contributed by atoms with Crippen molar-refractivity contribution in [3.8, 4) is 11.1 Å². The number of carboxylic acid groups (broad SMARTS) is 1. The monoisotopic (exact) mass is 491 g/mol. The van der Waals surface area contributed by atoms with Gasteiger partial charge in [-0.05, 0) is 69.6 Å². The number of ether oxygens (including phenoxy) is 1. The molecule has 0 bridgehead atoms. The molecule has 1 saturated heterocycles. The van der Waals surface area contributed by atoms with E-state index in [0.717, 1.165) is 37.1 Å². The van der Waals surface area contributed by atoms with E-state index in [-0.39, 0.29) is 5.97 Å². The Labute approximate surface area is 212 Å². The fourth-order valence-electron chi connectivity index (χ4n) is 4.43. The molecule has 4 rings (SSSR count). The van der Waals surface area contributed by atoms with Crippen LogP contribution < -0.4 is 0 Å². The smallest absolute Gasteiger partial charge is 0.316 e. The summed E-state index contributed by atoms with van der Waals surface area (Å²) in [7, 11) is 2.10. The Balaban J connectivity index is 0.000000201. The highest BCUT2D eigenvalue weighted by molar-refractivity contribution is 5.83. The summed E-state index contributed by atoms with van der Waals surface area (Å²) in [6.45, 7) is 5.73. The summed E-state index contributed by atoms with van der Waals surface area (Å²) < 4.78 is 19.3. The van der Waals surface area contributed by atoms with Crippen LogP contribution in [-0.4, -0.2) is 48.7 Å². The SMILES string of the molecule is CC(C(=O)O)c1ccc(-c2ccccc2)c(F)c1.CCOC(=O)C1(c2ccccc2)CCN(C)CC1. The molecule has 1 heterocycles. The molecule has 0 aliphatic carbocycles. The van der Waals surface area contributed by atoms with Crippen LogP contribution in [0.5, 0.6) is 0 Å². The molecule has 36 heavy (non-hydrogen) atoms. The zero-order valence-electron chi connectivity index (χ0n) is 21.1. The van der Waals surface area contributed by atoms with Gasteiger partial charge in [0.05, 0.1) is 17.9 Å². The van der Waals surface area contributed by atoms with Crippen molar-refractivity contribution in [2.24, 2.45) is 0 Å². The molecule has 0 spiro atoms. The predicted molar refractivity (Wildman–Crippen MR) is 139 cm³/mol. The molecule has 1 N–H and O–H groups in total. The van der Waals surface area contributed by atoms with Gasteiger partial charge in [0.1, 0.15) is 5.82 Å². The third-order valence-corrected chi connectivity index (χ3v) is 6.78. The highest BCUT2D eigenvalue weighted by Gasteiger charge is 2.43. The first-order chi connectivity index (χ1) is 17.3. The van der Waals surface area contributed by atoms with Gasteiger partial charge < -0.3 is 14.7 Å². The summed E-state index contributed by atoms with van der Waals surface area (Å²) in [5.41, 5.74) is 2.39.